The largest absolute Gasteiger partial charge is 0.480 e. The molecule has 0 spiro atoms. The van der Waals surface area contributed by atoms with Crippen LogP contribution in [0.5, 0.6) is 0 Å². The highest BCUT2D eigenvalue weighted by molar-refractivity contribution is 5.94. The Balaban J connectivity index is 2.31. The van der Waals surface area contributed by atoms with Crippen LogP contribution in [0.3, 0.4) is 0 Å². The molecule has 0 fully saturated rings. The van der Waals surface area contributed by atoms with Crippen molar-refractivity contribution in [2.75, 3.05) is 19.8 Å². The number of amides is 1. The van der Waals surface area contributed by atoms with Crippen molar-refractivity contribution in [3.8, 4) is 0 Å². The smallest absolute Gasteiger partial charge is 0.329 e. The van der Waals surface area contributed by atoms with Crippen LogP contribution in [0.25, 0.3) is 0 Å². The number of nitrogens with one attached hydrogen (secondary N) is 1. The molecule has 0 aliphatic rings. The molecule has 0 heterocycles. The topological polar surface area (TPSA) is 75.6 Å². The van der Waals surface area contributed by atoms with E-state index in [-0.39, 0.29) is 18.7 Å². The van der Waals surface area contributed by atoms with Gasteiger partial charge in [-0.25, -0.2) is 9.18 Å². The number of halogens is 1. The summed E-state index contributed by atoms with van der Waals surface area (Å²) in [5.41, 5.74) is -0.0502. The highest BCUT2D eigenvalue weighted by Crippen LogP contribution is 2.05. The normalized spacial score (nSPS) is 9.94. The second-order valence-electron chi connectivity index (χ2n) is 3.18. The van der Waals surface area contributed by atoms with E-state index in [1.807, 2.05) is 0 Å². The Morgan fingerprint density at radius 1 is 1.35 bits per heavy atom. The van der Waals surface area contributed by atoms with Gasteiger partial charge >= 0.3 is 5.97 Å². The van der Waals surface area contributed by atoms with E-state index >= 15 is 0 Å². The lowest BCUT2D eigenvalue weighted by molar-refractivity contribution is -0.142. The van der Waals surface area contributed by atoms with Crippen molar-refractivity contribution >= 4 is 11.9 Å². The van der Waals surface area contributed by atoms with E-state index in [1.165, 1.54) is 18.2 Å². The van der Waals surface area contributed by atoms with E-state index in [0.717, 1.165) is 0 Å². The molecule has 0 saturated carbocycles. The summed E-state index contributed by atoms with van der Waals surface area (Å²) in [5.74, 6) is -2.23. The van der Waals surface area contributed by atoms with Gasteiger partial charge in [-0.15, -0.1) is 0 Å². The first-order valence-electron chi connectivity index (χ1n) is 4.93. The fourth-order valence-corrected chi connectivity index (χ4v) is 1.14. The van der Waals surface area contributed by atoms with Gasteiger partial charge in [0.1, 0.15) is 12.4 Å². The van der Waals surface area contributed by atoms with Crippen LogP contribution < -0.4 is 5.32 Å². The van der Waals surface area contributed by atoms with Gasteiger partial charge in [0.2, 0.25) is 0 Å². The lowest BCUT2D eigenvalue weighted by atomic mass is 10.2. The molecule has 0 atom stereocenters. The lowest BCUT2D eigenvalue weighted by Crippen LogP contribution is -2.28. The third kappa shape index (κ3) is 4.60. The molecule has 0 bridgehead atoms. The van der Waals surface area contributed by atoms with Gasteiger partial charge in [-0.05, 0) is 12.1 Å². The van der Waals surface area contributed by atoms with Crippen LogP contribution in [0.15, 0.2) is 24.3 Å². The molecule has 17 heavy (non-hydrogen) atoms. The summed E-state index contributed by atoms with van der Waals surface area (Å²) in [4.78, 5) is 21.5. The van der Waals surface area contributed by atoms with E-state index in [2.05, 4.69) is 5.32 Å². The van der Waals surface area contributed by atoms with Gasteiger partial charge in [0.05, 0.1) is 12.2 Å². The van der Waals surface area contributed by atoms with Crippen molar-refractivity contribution in [2.45, 2.75) is 0 Å². The Morgan fingerprint density at radius 3 is 2.71 bits per heavy atom. The SMILES string of the molecule is O=C(O)COCCNC(=O)c1ccccc1F. The fraction of sp³-hybridized carbons (Fsp3) is 0.273. The molecule has 1 aromatic rings. The molecule has 92 valence electrons. The highest BCUT2D eigenvalue weighted by atomic mass is 19.1. The second-order valence-corrected chi connectivity index (χ2v) is 3.18. The van der Waals surface area contributed by atoms with Gasteiger partial charge in [0, 0.05) is 6.54 Å². The summed E-state index contributed by atoms with van der Waals surface area (Å²) < 4.78 is 17.9. The van der Waals surface area contributed by atoms with Crippen LogP contribution in [-0.4, -0.2) is 36.7 Å². The first-order valence-corrected chi connectivity index (χ1v) is 4.93. The number of benzene rings is 1. The predicted molar refractivity (Wildman–Crippen MR) is 57.2 cm³/mol. The maximum absolute atomic E-state index is 13.2. The Bertz CT molecular complexity index is 408. The van der Waals surface area contributed by atoms with Crippen LogP contribution >= 0.6 is 0 Å². The van der Waals surface area contributed by atoms with Crippen LogP contribution in [0, 0.1) is 5.82 Å². The maximum Gasteiger partial charge on any atom is 0.329 e. The first-order chi connectivity index (χ1) is 8.11. The molecule has 0 unspecified atom stereocenters. The minimum absolute atomic E-state index is 0.0502. The zero-order valence-electron chi connectivity index (χ0n) is 8.98. The molecule has 0 aliphatic carbocycles. The van der Waals surface area contributed by atoms with Crippen molar-refractivity contribution in [1.82, 2.24) is 5.32 Å². The summed E-state index contributed by atoms with van der Waals surface area (Å²) >= 11 is 0. The van der Waals surface area contributed by atoms with Crippen molar-refractivity contribution < 1.29 is 23.8 Å². The molecular formula is C11H12FNO4. The van der Waals surface area contributed by atoms with Crippen molar-refractivity contribution in [3.63, 3.8) is 0 Å². The molecule has 5 nitrogen and oxygen atoms in total. The maximum atomic E-state index is 13.2. The quantitative estimate of drug-likeness (QED) is 0.717. The van der Waals surface area contributed by atoms with E-state index in [4.69, 9.17) is 9.84 Å². The van der Waals surface area contributed by atoms with Gasteiger partial charge in [-0.3, -0.25) is 4.79 Å². The summed E-state index contributed by atoms with van der Waals surface area (Å²) in [6.07, 6.45) is 0. The standard InChI is InChI=1S/C11H12FNO4/c12-9-4-2-1-3-8(9)11(16)13-5-6-17-7-10(14)15/h1-4H,5-7H2,(H,13,16)(H,14,15). The number of hydrogen-bond donors (Lipinski definition) is 2. The van der Waals surface area contributed by atoms with Gasteiger partial charge in [-0.2, -0.15) is 0 Å². The van der Waals surface area contributed by atoms with Crippen molar-refractivity contribution in [1.29, 1.82) is 0 Å². The van der Waals surface area contributed by atoms with Crippen molar-refractivity contribution in [3.05, 3.63) is 35.6 Å². The predicted octanol–water partition coefficient (Wildman–Crippen LogP) is 0.657. The second kappa shape index (κ2) is 6.59. The average molecular weight is 241 g/mol. The summed E-state index contributed by atoms with van der Waals surface area (Å²) in [5, 5.41) is 10.7. The number of hydrogen-bond acceptors (Lipinski definition) is 3. The molecule has 0 radical (unpaired) electrons. The fourth-order valence-electron chi connectivity index (χ4n) is 1.14. The van der Waals surface area contributed by atoms with E-state index in [9.17, 15) is 14.0 Å². The molecular weight excluding hydrogens is 229 g/mol. The Morgan fingerprint density at radius 2 is 2.06 bits per heavy atom. The molecule has 1 amide bonds. The average Bonchev–Trinajstić information content (AvgIpc) is 2.28. The Kier molecular flexibility index (Phi) is 5.09. The van der Waals surface area contributed by atoms with Gasteiger partial charge < -0.3 is 15.2 Å². The third-order valence-electron chi connectivity index (χ3n) is 1.88. The number of carbonyl (C=O) groups is 2. The molecule has 6 heteroatoms. The van der Waals surface area contributed by atoms with Gasteiger partial charge in [0.25, 0.3) is 5.91 Å². The molecule has 0 saturated heterocycles. The zero-order valence-corrected chi connectivity index (χ0v) is 8.98. The minimum Gasteiger partial charge on any atom is -0.480 e. The number of rotatable bonds is 6. The number of carboxylic acid groups (broad SMARTS) is 1. The zero-order chi connectivity index (χ0) is 12.7. The molecule has 1 aromatic carbocycles. The highest BCUT2D eigenvalue weighted by Gasteiger charge is 2.09. The van der Waals surface area contributed by atoms with Crippen LogP contribution in [0.4, 0.5) is 4.39 Å². The number of ether oxygens (including phenoxy) is 1. The monoisotopic (exact) mass is 241 g/mol. The van der Waals surface area contributed by atoms with Gasteiger partial charge in [-0.1, -0.05) is 12.1 Å². The van der Waals surface area contributed by atoms with E-state index < -0.39 is 24.3 Å². The first kappa shape index (κ1) is 13.1. The Labute approximate surface area is 97.2 Å². The van der Waals surface area contributed by atoms with Crippen LogP contribution in [-0.2, 0) is 9.53 Å². The van der Waals surface area contributed by atoms with Crippen LogP contribution in [0.1, 0.15) is 10.4 Å². The number of carbonyl (C=O) groups excluding carboxylic acids is 1. The molecule has 2 N–H and O–H groups in total. The number of aliphatic carboxylic acids is 1. The molecule has 0 aliphatic heterocycles. The molecule has 1 rings (SSSR count). The summed E-state index contributed by atoms with van der Waals surface area (Å²) in [7, 11) is 0. The van der Waals surface area contributed by atoms with E-state index in [1.54, 1.807) is 6.07 Å². The Hall–Kier alpha value is -1.95. The lowest BCUT2D eigenvalue weighted by Gasteiger charge is -2.05. The van der Waals surface area contributed by atoms with Gasteiger partial charge in [0.15, 0.2) is 0 Å². The van der Waals surface area contributed by atoms with Crippen molar-refractivity contribution in [2.24, 2.45) is 0 Å². The minimum atomic E-state index is -1.08. The summed E-state index contributed by atoms with van der Waals surface area (Å²) in [6.45, 7) is -0.234. The van der Waals surface area contributed by atoms with Crippen LogP contribution in [0.2, 0.25) is 0 Å². The summed E-state index contributed by atoms with van der Waals surface area (Å²) in [6, 6.07) is 5.60. The number of carboxylic acids is 1. The third-order valence-corrected chi connectivity index (χ3v) is 1.88. The van der Waals surface area contributed by atoms with E-state index in [0.29, 0.717) is 0 Å². The molecule has 0 aromatic heterocycles.